The van der Waals surface area contributed by atoms with Crippen LogP contribution in [0.4, 0.5) is 15.9 Å². The first kappa shape index (κ1) is 22.5. The molecule has 0 unspecified atom stereocenters. The summed E-state index contributed by atoms with van der Waals surface area (Å²) >= 11 is 0. The van der Waals surface area contributed by atoms with Gasteiger partial charge in [0.05, 0.1) is 24.4 Å². The molecule has 33 heavy (non-hydrogen) atoms. The Morgan fingerprint density at radius 2 is 2.03 bits per heavy atom. The molecule has 1 aromatic heterocycles. The number of nitrogens with one attached hydrogen (secondary N) is 1. The van der Waals surface area contributed by atoms with Crippen molar-refractivity contribution in [1.82, 2.24) is 19.8 Å². The molecule has 2 atom stereocenters. The second kappa shape index (κ2) is 9.07. The minimum Gasteiger partial charge on any atom is -0.508 e. The Bertz CT molecular complexity index is 1190. The lowest BCUT2D eigenvalue weighted by Crippen LogP contribution is -2.40. The molecule has 3 aromatic rings. The van der Waals surface area contributed by atoms with E-state index in [0.717, 1.165) is 6.07 Å². The number of aromatic hydroxyl groups is 1. The number of amides is 1. The van der Waals surface area contributed by atoms with Crippen LogP contribution < -0.4 is 14.8 Å². The van der Waals surface area contributed by atoms with Crippen LogP contribution in [-0.4, -0.2) is 77.7 Å². The van der Waals surface area contributed by atoms with Gasteiger partial charge in [-0.25, -0.2) is 14.4 Å². The van der Waals surface area contributed by atoms with Gasteiger partial charge in [-0.3, -0.25) is 9.69 Å². The monoisotopic (exact) mass is 455 g/mol. The van der Waals surface area contributed by atoms with Crippen LogP contribution in [0.3, 0.4) is 0 Å². The summed E-state index contributed by atoms with van der Waals surface area (Å²) < 4.78 is 26.0. The first-order chi connectivity index (χ1) is 15.8. The third kappa shape index (κ3) is 4.61. The van der Waals surface area contributed by atoms with Crippen LogP contribution in [0.15, 0.2) is 36.7 Å². The van der Waals surface area contributed by atoms with Gasteiger partial charge < -0.3 is 24.8 Å². The molecule has 1 aliphatic heterocycles. The first-order valence-corrected chi connectivity index (χ1v) is 10.4. The number of rotatable bonds is 6. The van der Waals surface area contributed by atoms with E-state index in [4.69, 9.17) is 9.47 Å². The van der Waals surface area contributed by atoms with E-state index in [-0.39, 0.29) is 29.5 Å². The first-order valence-electron chi connectivity index (χ1n) is 10.4. The summed E-state index contributed by atoms with van der Waals surface area (Å²) in [5.74, 6) is 0.598. The van der Waals surface area contributed by atoms with Gasteiger partial charge in [-0.15, -0.1) is 0 Å². The number of hydrogen-bond acceptors (Lipinski definition) is 8. The van der Waals surface area contributed by atoms with Crippen LogP contribution in [-0.2, 0) is 4.79 Å². The fourth-order valence-corrected chi connectivity index (χ4v) is 3.95. The predicted octanol–water partition coefficient (Wildman–Crippen LogP) is 2.77. The average Bonchev–Trinajstić information content (AvgIpc) is 3.14. The molecule has 0 aliphatic carbocycles. The topological polar surface area (TPSA) is 100 Å². The third-order valence-electron chi connectivity index (χ3n) is 5.66. The van der Waals surface area contributed by atoms with Gasteiger partial charge in [0.1, 0.15) is 29.8 Å². The zero-order chi connectivity index (χ0) is 23.7. The average molecular weight is 455 g/mol. The van der Waals surface area contributed by atoms with Gasteiger partial charge in [-0.2, -0.15) is 0 Å². The molecule has 0 spiro atoms. The number of carbonyl (C=O) groups is 1. The molecule has 2 N–H and O–H groups in total. The van der Waals surface area contributed by atoms with Crippen LogP contribution in [0.2, 0.25) is 0 Å². The number of ether oxygens (including phenoxy) is 2. The minimum absolute atomic E-state index is 0.0323. The van der Waals surface area contributed by atoms with Gasteiger partial charge in [-0.1, -0.05) is 0 Å². The number of aromatic nitrogens is 2. The lowest BCUT2D eigenvalue weighted by Gasteiger charge is -2.21. The number of phenolic OH excluding ortho intramolecular Hbond substituents is 1. The van der Waals surface area contributed by atoms with E-state index in [0.29, 0.717) is 41.2 Å². The van der Waals surface area contributed by atoms with E-state index in [1.807, 2.05) is 11.9 Å². The van der Waals surface area contributed by atoms with Crippen LogP contribution >= 0.6 is 0 Å². The molecule has 2 heterocycles. The van der Waals surface area contributed by atoms with Crippen molar-refractivity contribution < 1.29 is 23.8 Å². The van der Waals surface area contributed by atoms with E-state index in [1.165, 1.54) is 18.5 Å². The Labute approximate surface area is 190 Å². The third-order valence-corrected chi connectivity index (χ3v) is 5.66. The van der Waals surface area contributed by atoms with E-state index in [1.54, 1.807) is 38.2 Å². The second-order valence-electron chi connectivity index (χ2n) is 8.20. The molecule has 0 radical (unpaired) electrons. The van der Waals surface area contributed by atoms with E-state index in [9.17, 15) is 14.3 Å². The zero-order valence-corrected chi connectivity index (χ0v) is 18.9. The Morgan fingerprint density at radius 1 is 1.24 bits per heavy atom. The van der Waals surface area contributed by atoms with Gasteiger partial charge in [-0.05, 0) is 25.2 Å². The zero-order valence-electron chi connectivity index (χ0n) is 18.9. The number of nitrogens with zero attached hydrogens (tertiary/aromatic N) is 4. The number of benzene rings is 2. The Balaban J connectivity index is 1.65. The number of hydrogen-bond donors (Lipinski definition) is 2. The molecule has 0 saturated carbocycles. The highest BCUT2D eigenvalue weighted by Gasteiger charge is 2.36. The quantitative estimate of drug-likeness (QED) is 0.548. The van der Waals surface area contributed by atoms with Crippen molar-refractivity contribution in [2.24, 2.45) is 0 Å². The Kier molecular flexibility index (Phi) is 6.19. The van der Waals surface area contributed by atoms with Gasteiger partial charge in [0.15, 0.2) is 11.5 Å². The van der Waals surface area contributed by atoms with Crippen molar-refractivity contribution in [3.8, 4) is 17.2 Å². The van der Waals surface area contributed by atoms with E-state index < -0.39 is 5.82 Å². The number of phenols is 1. The van der Waals surface area contributed by atoms with Crippen molar-refractivity contribution in [2.75, 3.05) is 40.1 Å². The molecule has 1 saturated heterocycles. The summed E-state index contributed by atoms with van der Waals surface area (Å²) in [4.78, 5) is 24.6. The summed E-state index contributed by atoms with van der Waals surface area (Å²) in [6.07, 6.45) is 1.70. The smallest absolute Gasteiger partial charge is 0.239 e. The van der Waals surface area contributed by atoms with Crippen molar-refractivity contribution in [1.29, 1.82) is 0 Å². The lowest BCUT2D eigenvalue weighted by molar-refractivity contribution is -0.133. The fraction of sp³-hybridized carbons (Fsp3) is 0.348. The molecule has 1 amide bonds. The minimum atomic E-state index is -0.614. The molecular weight excluding hydrogens is 429 g/mol. The van der Waals surface area contributed by atoms with Crippen molar-refractivity contribution in [2.45, 2.75) is 18.6 Å². The summed E-state index contributed by atoms with van der Waals surface area (Å²) in [6, 6.07) is 7.05. The van der Waals surface area contributed by atoms with Gasteiger partial charge in [0, 0.05) is 44.6 Å². The van der Waals surface area contributed by atoms with E-state index in [2.05, 4.69) is 15.3 Å². The van der Waals surface area contributed by atoms with Crippen molar-refractivity contribution >= 4 is 28.3 Å². The number of methoxy groups -OCH3 is 1. The summed E-state index contributed by atoms with van der Waals surface area (Å²) in [7, 11) is 6.92. The number of halogens is 1. The lowest BCUT2D eigenvalue weighted by atomic mass is 10.1. The molecule has 174 valence electrons. The molecule has 2 aromatic carbocycles. The van der Waals surface area contributed by atoms with Crippen LogP contribution in [0.25, 0.3) is 10.9 Å². The number of fused-ring (bicyclic) bond motifs is 1. The molecule has 4 rings (SSSR count). The molecule has 0 bridgehead atoms. The fourth-order valence-electron chi connectivity index (χ4n) is 3.95. The van der Waals surface area contributed by atoms with Crippen LogP contribution in [0.1, 0.15) is 6.42 Å². The molecular formula is C23H26FN5O4. The van der Waals surface area contributed by atoms with Crippen LogP contribution in [0.5, 0.6) is 17.2 Å². The highest BCUT2D eigenvalue weighted by Crippen LogP contribution is 2.37. The van der Waals surface area contributed by atoms with Gasteiger partial charge >= 0.3 is 0 Å². The Morgan fingerprint density at radius 3 is 2.73 bits per heavy atom. The molecule has 10 heteroatoms. The second-order valence-corrected chi connectivity index (χ2v) is 8.20. The maximum Gasteiger partial charge on any atom is 0.239 e. The highest BCUT2D eigenvalue weighted by atomic mass is 19.1. The normalized spacial score (nSPS) is 18.3. The number of carbonyl (C=O) groups excluding carboxylic acids is 1. The Hall–Kier alpha value is -3.66. The molecule has 9 nitrogen and oxygen atoms in total. The summed E-state index contributed by atoms with van der Waals surface area (Å²) in [5.41, 5.74) is 0.744. The number of likely N-dealkylation sites (tertiary alicyclic amines) is 1. The maximum absolute atomic E-state index is 14.3. The maximum atomic E-state index is 14.3. The highest BCUT2D eigenvalue weighted by molar-refractivity contribution is 5.93. The molecule has 1 fully saturated rings. The SMILES string of the molecule is COc1cc2ncnc(Nc3ccc(O)cc3F)c2cc1O[C@H]1C[C@H](C(=O)N(C)C)N(C)C1. The van der Waals surface area contributed by atoms with Crippen molar-refractivity contribution in [3.05, 3.63) is 42.5 Å². The van der Waals surface area contributed by atoms with Gasteiger partial charge in [0.25, 0.3) is 0 Å². The largest absolute Gasteiger partial charge is 0.508 e. The summed E-state index contributed by atoms with van der Waals surface area (Å²) in [6.45, 7) is 0.584. The summed E-state index contributed by atoms with van der Waals surface area (Å²) in [5, 5.41) is 13.0. The standard InChI is InChI=1S/C23H26FN5O4/c1-28(2)23(31)19-8-14(11-29(19)3)33-21-9-15-18(10-20(21)32-4)25-12-26-22(15)27-17-6-5-13(30)7-16(17)24/h5-7,9-10,12,14,19,30H,8,11H2,1-4H3,(H,25,26,27)/t14-,19+/m0/s1. The van der Waals surface area contributed by atoms with Crippen molar-refractivity contribution in [3.63, 3.8) is 0 Å². The predicted molar refractivity (Wildman–Crippen MR) is 122 cm³/mol. The number of anilines is 2. The van der Waals surface area contributed by atoms with Gasteiger partial charge in [0.2, 0.25) is 5.91 Å². The van der Waals surface area contributed by atoms with Crippen LogP contribution in [0, 0.1) is 5.82 Å². The van der Waals surface area contributed by atoms with E-state index >= 15 is 0 Å². The number of likely N-dealkylation sites (N-methyl/N-ethyl adjacent to an activating group) is 2. The molecule has 1 aliphatic rings.